The fraction of sp³-hybridized carbons (Fsp3) is 0.900. The molecular formula is C10H20ClNO3S. The fourth-order valence-corrected chi connectivity index (χ4v) is 1.76. The fourth-order valence-electron chi connectivity index (χ4n) is 1.19. The van der Waals surface area contributed by atoms with E-state index in [0.29, 0.717) is 25.4 Å². The van der Waals surface area contributed by atoms with Gasteiger partial charge in [0.05, 0.1) is 0 Å². The Morgan fingerprint density at radius 3 is 2.19 bits per heavy atom. The third kappa shape index (κ3) is 3.63. The molecular weight excluding hydrogens is 250 g/mol. The van der Waals surface area contributed by atoms with Crippen molar-refractivity contribution in [1.82, 2.24) is 4.90 Å². The van der Waals surface area contributed by atoms with Gasteiger partial charge in [-0.3, -0.25) is 4.79 Å². The van der Waals surface area contributed by atoms with Crippen molar-refractivity contribution in [2.45, 2.75) is 31.9 Å². The number of alkyl halides is 1. The molecule has 0 rings (SSSR count). The Morgan fingerprint density at radius 2 is 1.88 bits per heavy atom. The van der Waals surface area contributed by atoms with Gasteiger partial charge in [0, 0.05) is 25.2 Å². The molecule has 0 heterocycles. The van der Waals surface area contributed by atoms with Gasteiger partial charge in [0.15, 0.2) is 9.84 Å². The Morgan fingerprint density at radius 1 is 1.38 bits per heavy atom. The van der Waals surface area contributed by atoms with E-state index in [1.165, 1.54) is 18.7 Å². The summed E-state index contributed by atoms with van der Waals surface area (Å²) in [5.74, 6) is 0.103. The highest BCUT2D eigenvalue weighted by atomic mass is 35.5. The molecule has 0 N–H and O–H groups in total. The number of halogens is 1. The Labute approximate surface area is 103 Å². The largest absolute Gasteiger partial charge is 0.342 e. The van der Waals surface area contributed by atoms with E-state index in [1.54, 1.807) is 0 Å². The zero-order valence-corrected chi connectivity index (χ0v) is 11.9. The van der Waals surface area contributed by atoms with Crippen LogP contribution in [0.1, 0.15) is 27.2 Å². The van der Waals surface area contributed by atoms with E-state index in [-0.39, 0.29) is 5.91 Å². The predicted octanol–water partition coefficient (Wildman–Crippen LogP) is 1.29. The lowest BCUT2D eigenvalue weighted by Gasteiger charge is -2.29. The molecule has 16 heavy (non-hydrogen) atoms. The minimum Gasteiger partial charge on any atom is -0.342 e. The third-order valence-corrected chi connectivity index (χ3v) is 4.97. The Hall–Kier alpha value is -0.290. The van der Waals surface area contributed by atoms with Crippen LogP contribution in [0.25, 0.3) is 0 Å². The highest BCUT2D eigenvalue weighted by Crippen LogP contribution is 2.18. The lowest BCUT2D eigenvalue weighted by Crippen LogP contribution is -2.50. The first-order chi connectivity index (χ1) is 7.18. The number of carbonyl (C=O) groups excluding carboxylic acids is 1. The van der Waals surface area contributed by atoms with E-state index in [2.05, 4.69) is 0 Å². The van der Waals surface area contributed by atoms with Gasteiger partial charge in [-0.1, -0.05) is 0 Å². The molecule has 96 valence electrons. The summed E-state index contributed by atoms with van der Waals surface area (Å²) in [6.45, 7) is 5.69. The van der Waals surface area contributed by atoms with Gasteiger partial charge in [-0.05, 0) is 27.2 Å². The highest BCUT2D eigenvalue weighted by Gasteiger charge is 2.40. The van der Waals surface area contributed by atoms with Gasteiger partial charge in [0.1, 0.15) is 4.75 Å². The van der Waals surface area contributed by atoms with Crippen molar-refractivity contribution < 1.29 is 13.2 Å². The molecule has 0 radical (unpaired) electrons. The van der Waals surface area contributed by atoms with Gasteiger partial charge < -0.3 is 4.90 Å². The molecule has 0 unspecified atom stereocenters. The molecule has 6 heteroatoms. The molecule has 0 bridgehead atoms. The average molecular weight is 270 g/mol. The molecule has 0 aliphatic heterocycles. The second-order valence-electron chi connectivity index (χ2n) is 4.21. The van der Waals surface area contributed by atoms with E-state index >= 15 is 0 Å². The van der Waals surface area contributed by atoms with Crippen LogP contribution >= 0.6 is 11.6 Å². The van der Waals surface area contributed by atoms with Gasteiger partial charge in [0.25, 0.3) is 0 Å². The predicted molar refractivity (Wildman–Crippen MR) is 66.5 cm³/mol. The molecule has 0 saturated carbocycles. The van der Waals surface area contributed by atoms with Crippen LogP contribution in [0.2, 0.25) is 0 Å². The van der Waals surface area contributed by atoms with Crippen LogP contribution in [-0.4, -0.2) is 49.2 Å². The summed E-state index contributed by atoms with van der Waals surface area (Å²) in [4.78, 5) is 13.6. The first-order valence-corrected chi connectivity index (χ1v) is 7.66. The van der Waals surface area contributed by atoms with Crippen molar-refractivity contribution in [2.24, 2.45) is 0 Å². The number of rotatable bonds is 6. The lowest BCUT2D eigenvalue weighted by atomic mass is 10.1. The van der Waals surface area contributed by atoms with Crippen LogP contribution in [-0.2, 0) is 14.6 Å². The molecule has 0 aliphatic carbocycles. The van der Waals surface area contributed by atoms with Crippen molar-refractivity contribution in [2.75, 3.05) is 25.2 Å². The molecule has 0 aromatic heterocycles. The minimum absolute atomic E-state index is 0.359. The van der Waals surface area contributed by atoms with Gasteiger partial charge in [-0.15, -0.1) is 11.6 Å². The van der Waals surface area contributed by atoms with E-state index in [9.17, 15) is 13.2 Å². The molecule has 0 aromatic carbocycles. The maximum absolute atomic E-state index is 12.1. The molecule has 0 aliphatic rings. The van der Waals surface area contributed by atoms with Crippen molar-refractivity contribution in [3.05, 3.63) is 0 Å². The van der Waals surface area contributed by atoms with Gasteiger partial charge in [-0.25, -0.2) is 8.42 Å². The highest BCUT2D eigenvalue weighted by molar-refractivity contribution is 7.92. The lowest BCUT2D eigenvalue weighted by molar-refractivity contribution is -0.133. The second kappa shape index (κ2) is 5.87. The third-order valence-electron chi connectivity index (χ3n) is 2.67. The first-order valence-electron chi connectivity index (χ1n) is 5.23. The molecule has 0 saturated heterocycles. The summed E-state index contributed by atoms with van der Waals surface area (Å²) in [7, 11) is -3.41. The van der Waals surface area contributed by atoms with Crippen LogP contribution in [0.4, 0.5) is 0 Å². The maximum Gasteiger partial charge on any atom is 0.243 e. The topological polar surface area (TPSA) is 54.5 Å². The molecule has 1 amide bonds. The number of carbonyl (C=O) groups is 1. The Bertz CT molecular complexity index is 338. The quantitative estimate of drug-likeness (QED) is 0.683. The van der Waals surface area contributed by atoms with Crippen LogP contribution in [0, 0.1) is 0 Å². The average Bonchev–Trinajstić information content (AvgIpc) is 2.16. The number of hydrogen-bond donors (Lipinski definition) is 0. The number of nitrogens with zero attached hydrogens (tertiary/aromatic N) is 1. The Kier molecular flexibility index (Phi) is 5.76. The van der Waals surface area contributed by atoms with Gasteiger partial charge >= 0.3 is 0 Å². The molecule has 0 spiro atoms. The summed E-state index contributed by atoms with van der Waals surface area (Å²) < 4.78 is 21.7. The van der Waals surface area contributed by atoms with Crippen LogP contribution < -0.4 is 0 Å². The number of amides is 1. The number of hydrogen-bond acceptors (Lipinski definition) is 3. The zero-order chi connectivity index (χ0) is 13.0. The standard InChI is InChI=1S/C10H20ClNO3S/c1-5-12(8-6-7-11)9(13)10(2,3)16(4,14)15/h5-8H2,1-4H3. The molecule has 0 fully saturated rings. The SMILES string of the molecule is CCN(CCCCl)C(=O)C(C)(C)S(C)(=O)=O. The summed E-state index contributed by atoms with van der Waals surface area (Å²) in [6, 6.07) is 0. The van der Waals surface area contributed by atoms with Crippen molar-refractivity contribution in [3.8, 4) is 0 Å². The summed E-state index contributed by atoms with van der Waals surface area (Å²) >= 11 is 5.56. The maximum atomic E-state index is 12.1. The minimum atomic E-state index is -3.41. The molecule has 0 aromatic rings. The van der Waals surface area contributed by atoms with E-state index < -0.39 is 14.6 Å². The normalized spacial score (nSPS) is 12.6. The molecule has 0 atom stereocenters. The zero-order valence-electron chi connectivity index (χ0n) is 10.3. The van der Waals surface area contributed by atoms with Gasteiger partial charge in [0.2, 0.25) is 5.91 Å². The van der Waals surface area contributed by atoms with E-state index in [4.69, 9.17) is 11.6 Å². The van der Waals surface area contributed by atoms with Gasteiger partial charge in [-0.2, -0.15) is 0 Å². The van der Waals surface area contributed by atoms with Crippen LogP contribution in [0.5, 0.6) is 0 Å². The first kappa shape index (κ1) is 15.7. The van der Waals surface area contributed by atoms with Crippen molar-refractivity contribution in [3.63, 3.8) is 0 Å². The van der Waals surface area contributed by atoms with Crippen LogP contribution in [0.15, 0.2) is 0 Å². The second-order valence-corrected chi connectivity index (χ2v) is 7.15. The van der Waals surface area contributed by atoms with Crippen molar-refractivity contribution in [1.29, 1.82) is 0 Å². The smallest absolute Gasteiger partial charge is 0.243 e. The summed E-state index contributed by atoms with van der Waals surface area (Å²) in [5.41, 5.74) is 0. The van der Waals surface area contributed by atoms with Crippen molar-refractivity contribution >= 4 is 27.3 Å². The number of sulfone groups is 1. The molecule has 4 nitrogen and oxygen atoms in total. The monoisotopic (exact) mass is 269 g/mol. The summed E-state index contributed by atoms with van der Waals surface area (Å²) in [5, 5.41) is 0. The van der Waals surface area contributed by atoms with Crippen LogP contribution in [0.3, 0.4) is 0 Å². The summed E-state index contributed by atoms with van der Waals surface area (Å²) in [6.07, 6.45) is 1.75. The Balaban J connectivity index is 4.88. The van der Waals surface area contributed by atoms with E-state index in [1.807, 2.05) is 6.92 Å². The van der Waals surface area contributed by atoms with E-state index in [0.717, 1.165) is 6.26 Å².